The highest BCUT2D eigenvalue weighted by Gasteiger charge is 2.13. The van der Waals surface area contributed by atoms with Gasteiger partial charge in [0.1, 0.15) is 24.6 Å². The first-order valence-electron chi connectivity index (χ1n) is 8.21. The van der Waals surface area contributed by atoms with Gasteiger partial charge in [-0.15, -0.1) is 0 Å². The van der Waals surface area contributed by atoms with Crippen LogP contribution < -0.4 is 20.3 Å². The van der Waals surface area contributed by atoms with Crippen molar-refractivity contribution >= 4 is 11.9 Å². The average Bonchev–Trinajstić information content (AvgIpc) is 2.67. The molecule has 0 atom stereocenters. The maximum Gasteiger partial charge on any atom is 0.325 e. The van der Waals surface area contributed by atoms with Gasteiger partial charge in [0, 0.05) is 11.6 Å². The molecule has 144 valence electrons. The number of methoxy groups -OCH3 is 2. The zero-order chi connectivity index (χ0) is 19.8. The van der Waals surface area contributed by atoms with E-state index in [4.69, 9.17) is 14.2 Å². The number of carbonyl (C=O) groups is 2. The molecule has 0 fully saturated rings. The summed E-state index contributed by atoms with van der Waals surface area (Å²) in [5.74, 6) is 0.0474. The lowest BCUT2D eigenvalue weighted by molar-refractivity contribution is -0.143. The normalized spacial score (nSPS) is 10.2. The van der Waals surface area contributed by atoms with Crippen LogP contribution in [0.2, 0.25) is 0 Å². The van der Waals surface area contributed by atoms with Crippen LogP contribution in [0.15, 0.2) is 35.1 Å². The number of carbonyl (C=O) groups excluding carboxylic acids is 2. The summed E-state index contributed by atoms with van der Waals surface area (Å²) in [6.07, 6.45) is 0. The molecule has 9 heteroatoms. The predicted octanol–water partition coefficient (Wildman–Crippen LogP) is 0.607. The van der Waals surface area contributed by atoms with Gasteiger partial charge in [-0.25, -0.2) is 4.68 Å². The summed E-state index contributed by atoms with van der Waals surface area (Å²) >= 11 is 0. The lowest BCUT2D eigenvalue weighted by Gasteiger charge is -2.12. The van der Waals surface area contributed by atoms with Crippen LogP contribution in [0.4, 0.5) is 0 Å². The molecule has 1 amide bonds. The molecule has 0 aliphatic heterocycles. The standard InChI is InChI=1S/C18H21N3O6/c1-4-27-18(24)10-19-16(22)11-21-17(23)8-6-14(20-21)13-9-12(25-2)5-7-15(13)26-3/h5-9H,4,10-11H2,1-3H3,(H,19,22). The van der Waals surface area contributed by atoms with E-state index in [2.05, 4.69) is 10.4 Å². The minimum Gasteiger partial charge on any atom is -0.497 e. The molecular formula is C18H21N3O6. The third-order valence-electron chi connectivity index (χ3n) is 3.58. The first-order chi connectivity index (χ1) is 13.0. The lowest BCUT2D eigenvalue weighted by Crippen LogP contribution is -2.36. The molecule has 1 aromatic heterocycles. The van der Waals surface area contributed by atoms with Crippen molar-refractivity contribution in [1.29, 1.82) is 0 Å². The van der Waals surface area contributed by atoms with Crippen molar-refractivity contribution in [1.82, 2.24) is 15.1 Å². The van der Waals surface area contributed by atoms with Gasteiger partial charge in [-0.2, -0.15) is 5.10 Å². The maximum atomic E-state index is 12.0. The van der Waals surface area contributed by atoms with E-state index in [0.717, 1.165) is 4.68 Å². The topological polar surface area (TPSA) is 109 Å². The molecule has 0 spiro atoms. The summed E-state index contributed by atoms with van der Waals surface area (Å²) in [5.41, 5.74) is 0.591. The van der Waals surface area contributed by atoms with Gasteiger partial charge in [-0.1, -0.05) is 0 Å². The van der Waals surface area contributed by atoms with E-state index in [9.17, 15) is 14.4 Å². The van der Waals surface area contributed by atoms with Crippen molar-refractivity contribution in [3.63, 3.8) is 0 Å². The van der Waals surface area contributed by atoms with Gasteiger partial charge < -0.3 is 19.5 Å². The van der Waals surface area contributed by atoms with E-state index in [0.29, 0.717) is 22.8 Å². The fraction of sp³-hybridized carbons (Fsp3) is 0.333. The Kier molecular flexibility index (Phi) is 6.93. The monoisotopic (exact) mass is 375 g/mol. The molecule has 0 radical (unpaired) electrons. The molecule has 0 aliphatic carbocycles. The molecule has 2 rings (SSSR count). The van der Waals surface area contributed by atoms with E-state index in [-0.39, 0.29) is 19.7 Å². The smallest absolute Gasteiger partial charge is 0.325 e. The summed E-state index contributed by atoms with van der Waals surface area (Å²) in [6, 6.07) is 8.02. The van der Waals surface area contributed by atoms with Gasteiger partial charge in [-0.3, -0.25) is 14.4 Å². The summed E-state index contributed by atoms with van der Waals surface area (Å²) in [4.78, 5) is 35.3. The van der Waals surface area contributed by atoms with Crippen molar-refractivity contribution in [2.75, 3.05) is 27.4 Å². The van der Waals surface area contributed by atoms with Crippen molar-refractivity contribution in [2.24, 2.45) is 0 Å². The Labute approximate surface area is 155 Å². The number of hydrogen-bond donors (Lipinski definition) is 1. The van der Waals surface area contributed by atoms with Crippen molar-refractivity contribution in [3.8, 4) is 22.8 Å². The maximum absolute atomic E-state index is 12.0. The minimum absolute atomic E-state index is 0.222. The number of amides is 1. The Morgan fingerprint density at radius 1 is 1.15 bits per heavy atom. The van der Waals surface area contributed by atoms with E-state index < -0.39 is 17.4 Å². The fourth-order valence-corrected chi connectivity index (χ4v) is 2.29. The molecule has 27 heavy (non-hydrogen) atoms. The van der Waals surface area contributed by atoms with Gasteiger partial charge in [0.2, 0.25) is 5.91 Å². The summed E-state index contributed by atoms with van der Waals surface area (Å²) in [5, 5.41) is 6.61. The molecule has 0 unspecified atom stereocenters. The molecule has 0 aliphatic rings. The predicted molar refractivity (Wildman–Crippen MR) is 96.7 cm³/mol. The highest BCUT2D eigenvalue weighted by Crippen LogP contribution is 2.31. The van der Waals surface area contributed by atoms with Crippen LogP contribution in [0, 0.1) is 0 Å². The summed E-state index contributed by atoms with van der Waals surface area (Å²) in [7, 11) is 3.05. The number of hydrogen-bond acceptors (Lipinski definition) is 7. The quantitative estimate of drug-likeness (QED) is 0.673. The van der Waals surface area contributed by atoms with Gasteiger partial charge >= 0.3 is 5.97 Å². The van der Waals surface area contributed by atoms with Gasteiger partial charge in [0.25, 0.3) is 5.56 Å². The Bertz CT molecular complexity index is 878. The van der Waals surface area contributed by atoms with Crippen LogP contribution >= 0.6 is 0 Å². The highest BCUT2D eigenvalue weighted by atomic mass is 16.5. The van der Waals surface area contributed by atoms with Crippen LogP contribution in [-0.2, 0) is 20.9 Å². The van der Waals surface area contributed by atoms with Crippen molar-refractivity contribution < 1.29 is 23.8 Å². The first-order valence-corrected chi connectivity index (χ1v) is 8.21. The first kappa shape index (κ1) is 20.0. The van der Waals surface area contributed by atoms with E-state index in [1.807, 2.05) is 0 Å². The second kappa shape index (κ2) is 9.37. The molecule has 1 N–H and O–H groups in total. The molecule has 1 aromatic carbocycles. The number of benzene rings is 1. The van der Waals surface area contributed by atoms with Gasteiger partial charge in [0.05, 0.1) is 26.5 Å². The molecular weight excluding hydrogens is 354 g/mol. The van der Waals surface area contributed by atoms with Crippen LogP contribution in [0.3, 0.4) is 0 Å². The van der Waals surface area contributed by atoms with E-state index >= 15 is 0 Å². The third kappa shape index (κ3) is 5.30. The Morgan fingerprint density at radius 2 is 1.93 bits per heavy atom. The number of aromatic nitrogens is 2. The molecule has 9 nitrogen and oxygen atoms in total. The Balaban J connectivity index is 2.23. The lowest BCUT2D eigenvalue weighted by atomic mass is 10.1. The molecule has 0 saturated heterocycles. The van der Waals surface area contributed by atoms with Crippen LogP contribution in [0.25, 0.3) is 11.3 Å². The second-order valence-corrected chi connectivity index (χ2v) is 5.36. The van der Waals surface area contributed by atoms with Crippen molar-refractivity contribution in [2.45, 2.75) is 13.5 Å². The second-order valence-electron chi connectivity index (χ2n) is 5.36. The van der Waals surface area contributed by atoms with Crippen molar-refractivity contribution in [3.05, 3.63) is 40.7 Å². The van der Waals surface area contributed by atoms with Gasteiger partial charge in [0.15, 0.2) is 0 Å². The Hall–Kier alpha value is -3.36. The van der Waals surface area contributed by atoms with Gasteiger partial charge in [-0.05, 0) is 31.2 Å². The SMILES string of the molecule is CCOC(=O)CNC(=O)Cn1nc(-c2cc(OC)ccc2OC)ccc1=O. The number of nitrogens with one attached hydrogen (secondary N) is 1. The molecule has 0 bridgehead atoms. The van der Waals surface area contributed by atoms with E-state index in [1.165, 1.54) is 26.4 Å². The fourth-order valence-electron chi connectivity index (χ4n) is 2.29. The highest BCUT2D eigenvalue weighted by molar-refractivity contribution is 5.81. The van der Waals surface area contributed by atoms with Crippen LogP contribution in [0.5, 0.6) is 11.5 Å². The average molecular weight is 375 g/mol. The van der Waals surface area contributed by atoms with E-state index in [1.54, 1.807) is 25.1 Å². The van der Waals surface area contributed by atoms with Crippen LogP contribution in [0.1, 0.15) is 6.92 Å². The Morgan fingerprint density at radius 3 is 2.59 bits per heavy atom. The third-order valence-corrected chi connectivity index (χ3v) is 3.58. The molecule has 2 aromatic rings. The zero-order valence-electron chi connectivity index (χ0n) is 15.4. The summed E-state index contributed by atoms with van der Waals surface area (Å²) < 4.78 is 16.3. The number of esters is 1. The molecule has 0 saturated carbocycles. The summed E-state index contributed by atoms with van der Waals surface area (Å²) in [6.45, 7) is 1.28. The number of ether oxygens (including phenoxy) is 3. The molecule has 1 heterocycles. The largest absolute Gasteiger partial charge is 0.497 e. The zero-order valence-corrected chi connectivity index (χ0v) is 15.4. The number of nitrogens with zero attached hydrogens (tertiary/aromatic N) is 2. The van der Waals surface area contributed by atoms with Crippen LogP contribution in [-0.4, -0.2) is 49.0 Å². The minimum atomic E-state index is -0.555. The number of rotatable bonds is 8.